The SMILES string of the molecule is CC1(C)CCc2ccccc2C1NCC1(O)CCC1. The molecule has 1 unspecified atom stereocenters. The summed E-state index contributed by atoms with van der Waals surface area (Å²) in [6.45, 7) is 5.41. The first kappa shape index (κ1) is 13.1. The van der Waals surface area contributed by atoms with Crippen molar-refractivity contribution >= 4 is 0 Å². The van der Waals surface area contributed by atoms with Crippen LogP contribution >= 0.6 is 0 Å². The van der Waals surface area contributed by atoms with Crippen molar-refractivity contribution in [2.45, 2.75) is 57.6 Å². The average Bonchev–Trinajstić information content (AvgIpc) is 2.35. The van der Waals surface area contributed by atoms with Crippen LogP contribution in [0.2, 0.25) is 0 Å². The molecule has 1 saturated carbocycles. The molecular weight excluding hydrogens is 234 g/mol. The Morgan fingerprint density at radius 3 is 2.63 bits per heavy atom. The van der Waals surface area contributed by atoms with Crippen LogP contribution in [0.1, 0.15) is 56.7 Å². The summed E-state index contributed by atoms with van der Waals surface area (Å²) in [6, 6.07) is 9.12. The molecule has 0 radical (unpaired) electrons. The molecule has 1 atom stereocenters. The molecule has 3 rings (SSSR count). The van der Waals surface area contributed by atoms with Crippen LogP contribution in [-0.2, 0) is 6.42 Å². The van der Waals surface area contributed by atoms with E-state index in [1.54, 1.807) is 0 Å². The van der Waals surface area contributed by atoms with Gasteiger partial charge in [0.15, 0.2) is 0 Å². The molecule has 0 heterocycles. The number of hydrogen-bond donors (Lipinski definition) is 2. The van der Waals surface area contributed by atoms with Gasteiger partial charge in [0.1, 0.15) is 0 Å². The highest BCUT2D eigenvalue weighted by molar-refractivity contribution is 5.34. The number of hydrogen-bond acceptors (Lipinski definition) is 2. The largest absolute Gasteiger partial charge is 0.389 e. The van der Waals surface area contributed by atoms with Gasteiger partial charge in [0.2, 0.25) is 0 Å². The van der Waals surface area contributed by atoms with Crippen molar-refractivity contribution in [1.29, 1.82) is 0 Å². The molecule has 1 aromatic rings. The smallest absolute Gasteiger partial charge is 0.0771 e. The van der Waals surface area contributed by atoms with E-state index < -0.39 is 5.60 Å². The highest BCUT2D eigenvalue weighted by atomic mass is 16.3. The third-order valence-electron chi connectivity index (χ3n) is 5.11. The third-order valence-corrected chi connectivity index (χ3v) is 5.11. The Kier molecular flexibility index (Phi) is 3.18. The predicted octanol–water partition coefficient (Wildman–Crippen LogP) is 3.20. The minimum atomic E-state index is -0.442. The van der Waals surface area contributed by atoms with Gasteiger partial charge in [-0.25, -0.2) is 0 Å². The monoisotopic (exact) mass is 259 g/mol. The highest BCUT2D eigenvalue weighted by Crippen LogP contribution is 2.44. The molecule has 0 spiro atoms. The van der Waals surface area contributed by atoms with Gasteiger partial charge < -0.3 is 10.4 Å². The van der Waals surface area contributed by atoms with Crippen LogP contribution in [0.15, 0.2) is 24.3 Å². The summed E-state index contributed by atoms with van der Waals surface area (Å²) in [5.41, 5.74) is 2.72. The molecule has 2 aliphatic rings. The average molecular weight is 259 g/mol. The maximum absolute atomic E-state index is 10.3. The van der Waals surface area contributed by atoms with Crippen molar-refractivity contribution in [2.24, 2.45) is 5.41 Å². The van der Waals surface area contributed by atoms with E-state index in [0.717, 1.165) is 19.4 Å². The van der Waals surface area contributed by atoms with Crippen LogP contribution < -0.4 is 5.32 Å². The van der Waals surface area contributed by atoms with E-state index in [-0.39, 0.29) is 5.41 Å². The molecule has 104 valence electrons. The fourth-order valence-electron chi connectivity index (χ4n) is 3.51. The van der Waals surface area contributed by atoms with E-state index in [4.69, 9.17) is 0 Å². The third kappa shape index (κ3) is 2.44. The Bertz CT molecular complexity index is 462. The topological polar surface area (TPSA) is 32.3 Å². The number of rotatable bonds is 3. The summed E-state index contributed by atoms with van der Waals surface area (Å²) in [5, 5.41) is 14.0. The predicted molar refractivity (Wildman–Crippen MR) is 78.1 cm³/mol. The minimum absolute atomic E-state index is 0.258. The zero-order valence-corrected chi connectivity index (χ0v) is 12.1. The molecule has 0 aromatic heterocycles. The first-order chi connectivity index (χ1) is 9.00. The van der Waals surface area contributed by atoms with Gasteiger partial charge in [0.05, 0.1) is 5.60 Å². The molecule has 19 heavy (non-hydrogen) atoms. The van der Waals surface area contributed by atoms with Crippen molar-refractivity contribution in [3.8, 4) is 0 Å². The van der Waals surface area contributed by atoms with Crippen LogP contribution in [0, 0.1) is 5.41 Å². The molecule has 1 aromatic carbocycles. The van der Waals surface area contributed by atoms with Crippen molar-refractivity contribution in [3.63, 3.8) is 0 Å². The molecule has 1 fully saturated rings. The Balaban J connectivity index is 1.80. The quantitative estimate of drug-likeness (QED) is 0.873. The zero-order valence-electron chi connectivity index (χ0n) is 12.1. The standard InChI is InChI=1S/C17H25NO/c1-16(2)11-8-13-6-3-4-7-14(13)15(16)18-12-17(19)9-5-10-17/h3-4,6-7,15,18-19H,5,8-12H2,1-2H3. The van der Waals surface area contributed by atoms with Gasteiger partial charge in [-0.2, -0.15) is 0 Å². The minimum Gasteiger partial charge on any atom is -0.389 e. The lowest BCUT2D eigenvalue weighted by Gasteiger charge is -2.44. The second-order valence-electron chi connectivity index (χ2n) is 7.08. The zero-order chi connectivity index (χ0) is 13.5. The fourth-order valence-corrected chi connectivity index (χ4v) is 3.51. The first-order valence-corrected chi connectivity index (χ1v) is 7.54. The number of fused-ring (bicyclic) bond motifs is 1. The van der Waals surface area contributed by atoms with E-state index in [1.165, 1.54) is 30.4 Å². The van der Waals surface area contributed by atoms with E-state index >= 15 is 0 Å². The van der Waals surface area contributed by atoms with Crippen molar-refractivity contribution in [1.82, 2.24) is 5.32 Å². The van der Waals surface area contributed by atoms with Gasteiger partial charge in [-0.15, -0.1) is 0 Å². The summed E-state index contributed by atoms with van der Waals surface area (Å²) in [5.74, 6) is 0. The Morgan fingerprint density at radius 2 is 1.95 bits per heavy atom. The van der Waals surface area contributed by atoms with E-state index in [9.17, 15) is 5.11 Å². The number of nitrogens with one attached hydrogen (secondary N) is 1. The molecule has 0 aliphatic heterocycles. The fraction of sp³-hybridized carbons (Fsp3) is 0.647. The second-order valence-corrected chi connectivity index (χ2v) is 7.08. The summed E-state index contributed by atoms with van der Waals surface area (Å²) in [4.78, 5) is 0. The lowest BCUT2D eigenvalue weighted by Crippen LogP contribution is -2.50. The Hall–Kier alpha value is -0.860. The number of aryl methyl sites for hydroxylation is 1. The molecule has 0 amide bonds. The lowest BCUT2D eigenvalue weighted by molar-refractivity contribution is -0.0368. The Morgan fingerprint density at radius 1 is 1.21 bits per heavy atom. The van der Waals surface area contributed by atoms with Gasteiger partial charge in [-0.1, -0.05) is 38.1 Å². The van der Waals surface area contributed by atoms with Crippen LogP contribution in [-0.4, -0.2) is 17.3 Å². The van der Waals surface area contributed by atoms with Gasteiger partial charge >= 0.3 is 0 Å². The highest BCUT2D eigenvalue weighted by Gasteiger charge is 2.39. The molecule has 0 bridgehead atoms. The van der Waals surface area contributed by atoms with Crippen LogP contribution in [0.3, 0.4) is 0 Å². The van der Waals surface area contributed by atoms with Crippen molar-refractivity contribution < 1.29 is 5.11 Å². The molecule has 0 saturated heterocycles. The maximum atomic E-state index is 10.3. The Labute approximate surface area is 116 Å². The molecule has 2 N–H and O–H groups in total. The van der Waals surface area contributed by atoms with Gasteiger partial charge in [0, 0.05) is 12.6 Å². The molecule has 2 aliphatic carbocycles. The number of aliphatic hydroxyl groups is 1. The molecular formula is C17H25NO. The normalized spacial score (nSPS) is 27.4. The lowest BCUT2D eigenvalue weighted by atomic mass is 9.70. The summed E-state index contributed by atoms with van der Waals surface area (Å²) < 4.78 is 0. The van der Waals surface area contributed by atoms with Gasteiger partial charge in [0.25, 0.3) is 0 Å². The van der Waals surface area contributed by atoms with Crippen molar-refractivity contribution in [3.05, 3.63) is 35.4 Å². The first-order valence-electron chi connectivity index (χ1n) is 7.54. The maximum Gasteiger partial charge on any atom is 0.0771 e. The van der Waals surface area contributed by atoms with E-state index in [2.05, 4.69) is 43.4 Å². The summed E-state index contributed by atoms with van der Waals surface area (Å²) in [7, 11) is 0. The molecule has 2 nitrogen and oxygen atoms in total. The summed E-state index contributed by atoms with van der Waals surface area (Å²) >= 11 is 0. The summed E-state index contributed by atoms with van der Waals surface area (Å²) in [6.07, 6.45) is 5.46. The van der Waals surface area contributed by atoms with E-state index in [1.807, 2.05) is 0 Å². The van der Waals surface area contributed by atoms with Crippen LogP contribution in [0.4, 0.5) is 0 Å². The van der Waals surface area contributed by atoms with Gasteiger partial charge in [-0.05, 0) is 48.6 Å². The van der Waals surface area contributed by atoms with E-state index in [0.29, 0.717) is 6.04 Å². The number of benzene rings is 1. The van der Waals surface area contributed by atoms with Crippen molar-refractivity contribution in [2.75, 3.05) is 6.54 Å². The van der Waals surface area contributed by atoms with Crippen LogP contribution in [0.25, 0.3) is 0 Å². The molecule has 2 heteroatoms. The van der Waals surface area contributed by atoms with Gasteiger partial charge in [-0.3, -0.25) is 0 Å². The van der Waals surface area contributed by atoms with Crippen LogP contribution in [0.5, 0.6) is 0 Å². The second kappa shape index (κ2) is 4.60.